The highest BCUT2D eigenvalue weighted by molar-refractivity contribution is 8.01. The van der Waals surface area contributed by atoms with Crippen molar-refractivity contribution in [3.05, 3.63) is 0 Å². The summed E-state index contributed by atoms with van der Waals surface area (Å²) in [4.78, 5) is 10.7. The average Bonchev–Trinajstić information content (AvgIpc) is 2.22. The summed E-state index contributed by atoms with van der Waals surface area (Å²) in [7, 11) is -5.22. The summed E-state index contributed by atoms with van der Waals surface area (Å²) in [6.45, 7) is -0.981. The molecule has 6 N–H and O–H groups in total. The normalized spacial score (nSPS) is 19.9. The Balaban J connectivity index is 4.75. The van der Waals surface area contributed by atoms with Crippen molar-refractivity contribution < 1.29 is 43.3 Å². The van der Waals surface area contributed by atoms with E-state index in [2.05, 4.69) is 0 Å². The minimum absolute atomic E-state index is 0.981. The zero-order valence-corrected chi connectivity index (χ0v) is 8.65. The highest BCUT2D eigenvalue weighted by Crippen LogP contribution is 2.08. The maximum atomic E-state index is 10.7. The van der Waals surface area contributed by atoms with Gasteiger partial charge >= 0.3 is 15.2 Å². The van der Waals surface area contributed by atoms with E-state index in [4.69, 9.17) is 30.1 Å². The van der Waals surface area contributed by atoms with Crippen LogP contribution in [0.5, 0.6) is 0 Å². The van der Waals surface area contributed by atoms with Gasteiger partial charge in [0.25, 0.3) is 0 Å². The van der Waals surface area contributed by atoms with E-state index in [1.54, 1.807) is 0 Å². The summed E-state index contributed by atoms with van der Waals surface area (Å²) < 4.78 is 28.8. The quantitative estimate of drug-likeness (QED) is 0.268. The molecule has 0 aliphatic carbocycles. The van der Waals surface area contributed by atoms with E-state index in [1.807, 2.05) is 0 Å². The molecule has 0 spiro atoms. The van der Waals surface area contributed by atoms with Crippen LogP contribution in [-0.4, -0.2) is 74.6 Å². The summed E-state index contributed by atoms with van der Waals surface area (Å²) in [5, 5.41) is 42.1. The van der Waals surface area contributed by atoms with Gasteiger partial charge in [0.05, 0.1) is 6.61 Å². The Kier molecular flexibility index (Phi) is 5.41. The molecule has 96 valence electrons. The standard InChI is InChI=1S/C6H12O9S/c7-1-2(8)3(9)4(10)5(11)6(12)16(13,14)15/h2-5,7-11H,1H2,(H,13,14,15)/t2-,3-,4+,5+/m1/s1. The number of carbonyl (C=O) groups excluding carboxylic acids is 1. The van der Waals surface area contributed by atoms with Gasteiger partial charge in [-0.05, 0) is 0 Å². The molecule has 0 amide bonds. The van der Waals surface area contributed by atoms with Crippen molar-refractivity contribution in [1.29, 1.82) is 0 Å². The minimum Gasteiger partial charge on any atom is -0.394 e. The first-order chi connectivity index (χ1) is 7.12. The molecule has 9 nitrogen and oxygen atoms in total. The van der Waals surface area contributed by atoms with Crippen LogP contribution < -0.4 is 0 Å². The van der Waals surface area contributed by atoms with Crippen molar-refractivity contribution in [3.8, 4) is 0 Å². The van der Waals surface area contributed by atoms with Gasteiger partial charge in [-0.25, -0.2) is 0 Å². The molecule has 0 aromatic rings. The molecule has 0 saturated heterocycles. The smallest absolute Gasteiger partial charge is 0.331 e. The second-order valence-electron chi connectivity index (χ2n) is 2.97. The molecule has 0 aliphatic rings. The molecule has 0 aromatic carbocycles. The van der Waals surface area contributed by atoms with Crippen molar-refractivity contribution in [2.75, 3.05) is 6.61 Å². The summed E-state index contributed by atoms with van der Waals surface area (Å²) >= 11 is 0. The van der Waals surface area contributed by atoms with Gasteiger partial charge in [-0.3, -0.25) is 9.35 Å². The number of aliphatic hydroxyl groups is 5. The Labute approximate surface area is 90.3 Å². The zero-order valence-electron chi connectivity index (χ0n) is 7.83. The molecular weight excluding hydrogens is 248 g/mol. The largest absolute Gasteiger partial charge is 0.394 e. The van der Waals surface area contributed by atoms with Crippen LogP contribution in [-0.2, 0) is 14.9 Å². The molecular formula is C6H12O9S. The first kappa shape index (κ1) is 15.4. The first-order valence-corrected chi connectivity index (χ1v) is 5.41. The van der Waals surface area contributed by atoms with Crippen molar-refractivity contribution in [2.45, 2.75) is 24.4 Å². The highest BCUT2D eigenvalue weighted by atomic mass is 32.2. The lowest BCUT2D eigenvalue weighted by atomic mass is 10.0. The molecule has 0 bridgehead atoms. The van der Waals surface area contributed by atoms with Crippen LogP contribution in [0.3, 0.4) is 0 Å². The van der Waals surface area contributed by atoms with Crippen LogP contribution in [0.1, 0.15) is 0 Å². The highest BCUT2D eigenvalue weighted by Gasteiger charge is 2.38. The van der Waals surface area contributed by atoms with Crippen LogP contribution in [0.4, 0.5) is 0 Å². The number of hydrogen-bond acceptors (Lipinski definition) is 8. The molecule has 0 rings (SSSR count). The van der Waals surface area contributed by atoms with Crippen LogP contribution in [0, 0.1) is 0 Å². The Morgan fingerprint density at radius 1 is 1.06 bits per heavy atom. The third kappa shape index (κ3) is 3.75. The molecule has 0 aromatic heterocycles. The Morgan fingerprint density at radius 3 is 1.81 bits per heavy atom. The zero-order chi connectivity index (χ0) is 13.1. The number of rotatable bonds is 5. The Hall–Kier alpha value is -0.620. The fraction of sp³-hybridized carbons (Fsp3) is 0.833. The van der Waals surface area contributed by atoms with E-state index in [0.29, 0.717) is 0 Å². The molecule has 0 aliphatic heterocycles. The predicted molar refractivity (Wildman–Crippen MR) is 47.7 cm³/mol. The lowest BCUT2D eigenvalue weighted by Crippen LogP contribution is -2.50. The van der Waals surface area contributed by atoms with E-state index in [1.165, 1.54) is 0 Å². The fourth-order valence-corrected chi connectivity index (χ4v) is 1.26. The van der Waals surface area contributed by atoms with Gasteiger partial charge in [0.2, 0.25) is 0 Å². The Morgan fingerprint density at radius 2 is 1.50 bits per heavy atom. The SMILES string of the molecule is O=C([C@@H](O)[C@@H](O)[C@H](O)[C@H](O)CO)S(=O)(=O)O. The molecule has 16 heavy (non-hydrogen) atoms. The van der Waals surface area contributed by atoms with Gasteiger partial charge in [0.15, 0.2) is 6.10 Å². The predicted octanol–water partition coefficient (Wildman–Crippen LogP) is -4.16. The van der Waals surface area contributed by atoms with Gasteiger partial charge in [0.1, 0.15) is 18.3 Å². The van der Waals surface area contributed by atoms with Gasteiger partial charge in [-0.2, -0.15) is 8.42 Å². The first-order valence-electron chi connectivity index (χ1n) is 3.97. The van der Waals surface area contributed by atoms with E-state index in [9.17, 15) is 13.2 Å². The van der Waals surface area contributed by atoms with E-state index in [0.717, 1.165) is 0 Å². The van der Waals surface area contributed by atoms with Crippen LogP contribution >= 0.6 is 0 Å². The lowest BCUT2D eigenvalue weighted by Gasteiger charge is -2.23. The lowest BCUT2D eigenvalue weighted by molar-refractivity contribution is -0.140. The average molecular weight is 260 g/mol. The molecule has 0 saturated carbocycles. The molecule has 4 atom stereocenters. The van der Waals surface area contributed by atoms with Crippen LogP contribution in [0.25, 0.3) is 0 Å². The molecule has 0 heterocycles. The van der Waals surface area contributed by atoms with Crippen molar-refractivity contribution >= 4 is 15.2 Å². The summed E-state index contributed by atoms with van der Waals surface area (Å²) in [5.74, 6) is 0. The summed E-state index contributed by atoms with van der Waals surface area (Å²) in [5.41, 5.74) is 0. The number of carbonyl (C=O) groups is 1. The van der Waals surface area contributed by atoms with Gasteiger partial charge < -0.3 is 25.5 Å². The minimum atomic E-state index is -5.22. The fourth-order valence-electron chi connectivity index (χ4n) is 0.814. The summed E-state index contributed by atoms with van der Waals surface area (Å²) in [6, 6.07) is 0. The third-order valence-electron chi connectivity index (χ3n) is 1.75. The second kappa shape index (κ2) is 5.63. The molecule has 10 heteroatoms. The van der Waals surface area contributed by atoms with Gasteiger partial charge in [0, 0.05) is 0 Å². The Bertz CT molecular complexity index is 336. The van der Waals surface area contributed by atoms with Crippen LogP contribution in [0.2, 0.25) is 0 Å². The van der Waals surface area contributed by atoms with Crippen molar-refractivity contribution in [3.63, 3.8) is 0 Å². The second-order valence-corrected chi connectivity index (χ2v) is 4.32. The monoisotopic (exact) mass is 260 g/mol. The van der Waals surface area contributed by atoms with Crippen molar-refractivity contribution in [2.24, 2.45) is 0 Å². The van der Waals surface area contributed by atoms with Gasteiger partial charge in [-0.15, -0.1) is 0 Å². The van der Waals surface area contributed by atoms with Crippen molar-refractivity contribution in [1.82, 2.24) is 0 Å². The molecule has 0 radical (unpaired) electrons. The summed E-state index contributed by atoms with van der Waals surface area (Å²) in [6.07, 6.45) is -9.02. The topological polar surface area (TPSA) is 173 Å². The van der Waals surface area contributed by atoms with E-state index in [-0.39, 0.29) is 0 Å². The number of aliphatic hydroxyl groups excluding tert-OH is 5. The van der Waals surface area contributed by atoms with Crippen LogP contribution in [0.15, 0.2) is 0 Å². The van der Waals surface area contributed by atoms with Gasteiger partial charge in [-0.1, -0.05) is 0 Å². The number of hydrogen-bond donors (Lipinski definition) is 6. The molecule has 0 fully saturated rings. The molecule has 0 unspecified atom stereocenters. The maximum Gasteiger partial charge on any atom is 0.331 e. The third-order valence-corrected chi connectivity index (χ3v) is 2.50. The van der Waals surface area contributed by atoms with E-state index >= 15 is 0 Å². The van der Waals surface area contributed by atoms with E-state index < -0.39 is 46.3 Å². The maximum absolute atomic E-state index is 10.7.